The number of unbranched alkanes of at least 4 members (excludes halogenated alkanes) is 27. The maximum Gasteiger partial charge on any atom is 0.306 e. The molecular weight excluding hydrogens is 725 g/mol. The van der Waals surface area contributed by atoms with E-state index in [1.54, 1.807) is 0 Å². The molecular formula is C55H98O4. The van der Waals surface area contributed by atoms with Crippen LogP contribution in [0.4, 0.5) is 0 Å². The summed E-state index contributed by atoms with van der Waals surface area (Å²) in [7, 11) is 0. The number of ether oxygens (including phenoxy) is 2. The Morgan fingerprint density at radius 2 is 0.763 bits per heavy atom. The fourth-order valence-electron chi connectivity index (χ4n) is 7.23. The van der Waals surface area contributed by atoms with Crippen LogP contribution in [0.25, 0.3) is 0 Å². The first-order valence-electron chi connectivity index (χ1n) is 25.5. The molecule has 342 valence electrons. The van der Waals surface area contributed by atoms with Gasteiger partial charge in [-0.05, 0) is 83.5 Å². The molecule has 0 saturated carbocycles. The summed E-state index contributed by atoms with van der Waals surface area (Å²) in [6, 6.07) is 0. The number of aliphatic hydroxyl groups excluding tert-OH is 1. The Kier molecular flexibility index (Phi) is 50.1. The van der Waals surface area contributed by atoms with Crippen LogP contribution in [-0.4, -0.2) is 37.0 Å². The second-order valence-corrected chi connectivity index (χ2v) is 16.9. The van der Waals surface area contributed by atoms with Crippen molar-refractivity contribution in [2.24, 2.45) is 0 Å². The van der Waals surface area contributed by atoms with E-state index in [9.17, 15) is 9.90 Å². The van der Waals surface area contributed by atoms with Crippen LogP contribution in [0.2, 0.25) is 0 Å². The fraction of sp³-hybridized carbons (Fsp3) is 0.764. The van der Waals surface area contributed by atoms with Crippen LogP contribution in [0.15, 0.2) is 72.9 Å². The number of allylic oxidation sites excluding steroid dienone is 12. The van der Waals surface area contributed by atoms with Gasteiger partial charge in [0.05, 0.1) is 13.2 Å². The van der Waals surface area contributed by atoms with E-state index in [4.69, 9.17) is 9.47 Å². The summed E-state index contributed by atoms with van der Waals surface area (Å²) in [4.78, 5) is 12.3. The lowest BCUT2D eigenvalue weighted by Gasteiger charge is -2.16. The molecule has 0 saturated heterocycles. The smallest absolute Gasteiger partial charge is 0.306 e. The monoisotopic (exact) mass is 823 g/mol. The fourth-order valence-corrected chi connectivity index (χ4v) is 7.23. The molecule has 0 heterocycles. The van der Waals surface area contributed by atoms with Crippen LogP contribution >= 0.6 is 0 Å². The van der Waals surface area contributed by atoms with Crippen molar-refractivity contribution in [3.8, 4) is 0 Å². The molecule has 0 aliphatic rings. The normalized spacial score (nSPS) is 12.9. The Morgan fingerprint density at radius 3 is 1.15 bits per heavy atom. The van der Waals surface area contributed by atoms with Crippen molar-refractivity contribution in [2.45, 2.75) is 251 Å². The summed E-state index contributed by atoms with van der Waals surface area (Å²) in [6.07, 6.45) is 71.3. The highest BCUT2D eigenvalue weighted by Crippen LogP contribution is 2.15. The molecule has 0 aromatic rings. The molecule has 1 unspecified atom stereocenters. The van der Waals surface area contributed by atoms with Crippen molar-refractivity contribution in [1.82, 2.24) is 0 Å². The summed E-state index contributed by atoms with van der Waals surface area (Å²) in [5.41, 5.74) is 0. The van der Waals surface area contributed by atoms with Crippen molar-refractivity contribution >= 4 is 5.97 Å². The molecule has 4 nitrogen and oxygen atoms in total. The second-order valence-electron chi connectivity index (χ2n) is 16.9. The zero-order valence-corrected chi connectivity index (χ0v) is 39.3. The third-order valence-corrected chi connectivity index (χ3v) is 11.0. The minimum absolute atomic E-state index is 0.175. The number of rotatable bonds is 47. The Bertz CT molecular complexity index is 1000. The quantitative estimate of drug-likeness (QED) is 0.0377. The maximum atomic E-state index is 12.3. The average Bonchev–Trinajstić information content (AvgIpc) is 3.24. The first-order chi connectivity index (χ1) is 29.2. The molecule has 0 aromatic heterocycles. The zero-order valence-electron chi connectivity index (χ0n) is 39.3. The van der Waals surface area contributed by atoms with Gasteiger partial charge in [0.15, 0.2) is 0 Å². The van der Waals surface area contributed by atoms with Gasteiger partial charge in [0.2, 0.25) is 0 Å². The Morgan fingerprint density at radius 1 is 0.424 bits per heavy atom. The minimum atomic E-state index is -0.541. The minimum Gasteiger partial charge on any atom is -0.457 e. The molecule has 0 spiro atoms. The van der Waals surface area contributed by atoms with Crippen molar-refractivity contribution in [2.75, 3.05) is 19.8 Å². The summed E-state index contributed by atoms with van der Waals surface area (Å²) in [6.45, 7) is 5.23. The van der Waals surface area contributed by atoms with Crippen molar-refractivity contribution < 1.29 is 19.4 Å². The van der Waals surface area contributed by atoms with Crippen molar-refractivity contribution in [3.63, 3.8) is 0 Å². The second kappa shape index (κ2) is 52.0. The predicted octanol–water partition coefficient (Wildman–Crippen LogP) is 17.3. The van der Waals surface area contributed by atoms with E-state index in [0.29, 0.717) is 19.6 Å². The van der Waals surface area contributed by atoms with Crippen LogP contribution in [-0.2, 0) is 14.3 Å². The number of hydrogen-bond acceptors (Lipinski definition) is 4. The topological polar surface area (TPSA) is 55.8 Å². The van der Waals surface area contributed by atoms with Crippen molar-refractivity contribution in [3.05, 3.63) is 72.9 Å². The van der Waals surface area contributed by atoms with E-state index in [2.05, 4.69) is 86.8 Å². The lowest BCUT2D eigenvalue weighted by molar-refractivity contribution is -0.154. The SMILES string of the molecule is CC/C=C\C/C=C\C/C=C\C/C=C\CCCCCCCCCCCCCCC(=O)OC(CO)COCCCCCCCCCCCC/C=C\C/C=C\CCCCCCC. The summed E-state index contributed by atoms with van der Waals surface area (Å²) in [5.74, 6) is -0.204. The first-order valence-corrected chi connectivity index (χ1v) is 25.5. The third-order valence-electron chi connectivity index (χ3n) is 11.0. The van der Waals surface area contributed by atoms with Gasteiger partial charge in [0.1, 0.15) is 6.10 Å². The summed E-state index contributed by atoms with van der Waals surface area (Å²) >= 11 is 0. The maximum absolute atomic E-state index is 12.3. The lowest BCUT2D eigenvalue weighted by Crippen LogP contribution is -2.27. The number of carbonyl (C=O) groups is 1. The molecule has 1 N–H and O–H groups in total. The van der Waals surface area contributed by atoms with Crippen LogP contribution in [0.3, 0.4) is 0 Å². The lowest BCUT2D eigenvalue weighted by atomic mass is 10.0. The highest BCUT2D eigenvalue weighted by molar-refractivity contribution is 5.69. The number of hydrogen-bond donors (Lipinski definition) is 1. The zero-order chi connectivity index (χ0) is 42.6. The number of aliphatic hydroxyl groups is 1. The summed E-state index contributed by atoms with van der Waals surface area (Å²) < 4.78 is 11.2. The van der Waals surface area contributed by atoms with Crippen LogP contribution in [0, 0.1) is 0 Å². The Balaban J connectivity index is 3.43. The standard InChI is InChI=1S/C55H98O4/c1-3-5-7-9-11-13-15-17-19-21-23-25-27-28-29-30-32-34-36-38-40-42-44-46-48-50-55(57)59-54(52-56)53-58-51-49-47-45-43-41-39-37-35-33-31-26-24-22-20-18-16-14-12-10-8-6-4-2/h5,7,11,13,16-19,22-25,54,56H,3-4,6,8-10,12,14-15,20-21,26-53H2,1-2H3/b7-5-,13-11-,18-16-,19-17-,24-22-,25-23-. The van der Waals surface area contributed by atoms with Gasteiger partial charge in [-0.1, -0.05) is 228 Å². The van der Waals surface area contributed by atoms with E-state index in [1.807, 2.05) is 0 Å². The molecule has 0 aliphatic carbocycles. The molecule has 0 amide bonds. The molecule has 1 atom stereocenters. The molecule has 0 radical (unpaired) electrons. The molecule has 0 bridgehead atoms. The van der Waals surface area contributed by atoms with Crippen molar-refractivity contribution in [1.29, 1.82) is 0 Å². The van der Waals surface area contributed by atoms with Gasteiger partial charge in [-0.3, -0.25) is 4.79 Å². The molecule has 0 rings (SSSR count). The molecule has 4 heteroatoms. The van der Waals surface area contributed by atoms with Crippen LogP contribution in [0.5, 0.6) is 0 Å². The van der Waals surface area contributed by atoms with Gasteiger partial charge in [-0.2, -0.15) is 0 Å². The van der Waals surface area contributed by atoms with E-state index in [1.165, 1.54) is 173 Å². The summed E-state index contributed by atoms with van der Waals surface area (Å²) in [5, 5.41) is 9.65. The van der Waals surface area contributed by atoms with E-state index >= 15 is 0 Å². The number of esters is 1. The average molecular weight is 823 g/mol. The largest absolute Gasteiger partial charge is 0.457 e. The van der Waals surface area contributed by atoms with Crippen LogP contribution < -0.4 is 0 Å². The van der Waals surface area contributed by atoms with Gasteiger partial charge in [-0.15, -0.1) is 0 Å². The Labute approximate surface area is 367 Å². The Hall–Kier alpha value is -2.17. The van der Waals surface area contributed by atoms with Gasteiger partial charge >= 0.3 is 5.97 Å². The predicted molar refractivity (Wildman–Crippen MR) is 260 cm³/mol. The van der Waals surface area contributed by atoms with E-state index in [0.717, 1.165) is 51.4 Å². The molecule has 59 heavy (non-hydrogen) atoms. The van der Waals surface area contributed by atoms with Gasteiger partial charge in [0, 0.05) is 13.0 Å². The number of carbonyl (C=O) groups excluding carboxylic acids is 1. The highest BCUT2D eigenvalue weighted by Gasteiger charge is 2.13. The molecule has 0 aromatic carbocycles. The first kappa shape index (κ1) is 56.8. The molecule has 0 fully saturated rings. The van der Waals surface area contributed by atoms with Gasteiger partial charge < -0.3 is 14.6 Å². The van der Waals surface area contributed by atoms with E-state index in [-0.39, 0.29) is 12.6 Å². The van der Waals surface area contributed by atoms with E-state index < -0.39 is 6.10 Å². The highest BCUT2D eigenvalue weighted by atomic mass is 16.6. The van der Waals surface area contributed by atoms with Gasteiger partial charge in [-0.25, -0.2) is 0 Å². The van der Waals surface area contributed by atoms with Crippen LogP contribution in [0.1, 0.15) is 245 Å². The molecule has 0 aliphatic heterocycles. The van der Waals surface area contributed by atoms with Gasteiger partial charge in [0.25, 0.3) is 0 Å². The third kappa shape index (κ3) is 50.1.